The number of thiazole rings is 1. The first-order valence-corrected chi connectivity index (χ1v) is 12.9. The molecule has 40 heavy (non-hydrogen) atoms. The van der Waals surface area contributed by atoms with Crippen molar-refractivity contribution in [3.63, 3.8) is 0 Å². The molecule has 12 heteroatoms. The van der Waals surface area contributed by atoms with Crippen LogP contribution in [0.3, 0.4) is 0 Å². The highest BCUT2D eigenvalue weighted by molar-refractivity contribution is 7.07. The second-order valence-corrected chi connectivity index (χ2v) is 9.75. The lowest BCUT2D eigenvalue weighted by Gasteiger charge is -2.12. The monoisotopic (exact) mass is 564 g/mol. The number of ether oxygens (including phenoxy) is 1. The maximum Gasteiger partial charge on any atom is 0.573 e. The fourth-order valence-corrected chi connectivity index (χ4v) is 5.02. The SMILES string of the molecule is Cc1cccc(C)c1-n1c(C)csc1=NC(=O)Nc1ccc(-c2ncn(-c3ccc(OC(F)(F)F)cc3)n2)cc1. The number of aromatic nitrogens is 4. The van der Waals surface area contributed by atoms with Gasteiger partial charge in [-0.3, -0.25) is 4.57 Å². The molecule has 0 atom stereocenters. The van der Waals surface area contributed by atoms with E-state index in [1.54, 1.807) is 24.3 Å². The molecule has 3 aromatic carbocycles. The largest absolute Gasteiger partial charge is 0.573 e. The Morgan fingerprint density at radius 3 is 2.30 bits per heavy atom. The Labute approximate surface area is 231 Å². The van der Waals surface area contributed by atoms with Crippen molar-refractivity contribution < 1.29 is 22.7 Å². The summed E-state index contributed by atoms with van der Waals surface area (Å²) in [5, 5.41) is 9.14. The van der Waals surface area contributed by atoms with E-state index in [0.29, 0.717) is 27.6 Å². The number of carbonyl (C=O) groups excluding carboxylic acids is 1. The summed E-state index contributed by atoms with van der Waals surface area (Å²) in [6, 6.07) is 17.8. The van der Waals surface area contributed by atoms with Crippen LogP contribution in [0.4, 0.5) is 23.7 Å². The molecular formula is C28H23F3N6O2S. The Morgan fingerprint density at radius 2 is 1.65 bits per heavy atom. The quantitative estimate of drug-likeness (QED) is 0.256. The van der Waals surface area contributed by atoms with E-state index in [1.165, 1.54) is 46.6 Å². The molecule has 0 saturated heterocycles. The van der Waals surface area contributed by atoms with E-state index in [0.717, 1.165) is 22.5 Å². The molecule has 5 aromatic rings. The van der Waals surface area contributed by atoms with Gasteiger partial charge >= 0.3 is 12.4 Å². The van der Waals surface area contributed by atoms with E-state index in [1.807, 2.05) is 48.9 Å². The maximum absolute atomic E-state index is 12.8. The molecule has 1 N–H and O–H groups in total. The van der Waals surface area contributed by atoms with Gasteiger partial charge in [0, 0.05) is 22.3 Å². The number of benzene rings is 3. The number of halogens is 3. The van der Waals surface area contributed by atoms with Crippen LogP contribution in [0, 0.1) is 20.8 Å². The number of aryl methyl sites for hydroxylation is 3. The highest BCUT2D eigenvalue weighted by atomic mass is 32.1. The number of carbonyl (C=O) groups is 1. The van der Waals surface area contributed by atoms with Gasteiger partial charge in [0.25, 0.3) is 0 Å². The summed E-state index contributed by atoms with van der Waals surface area (Å²) in [5.74, 6) is 0.0807. The molecule has 0 aliphatic carbocycles. The van der Waals surface area contributed by atoms with Gasteiger partial charge in [-0.1, -0.05) is 18.2 Å². The molecule has 0 radical (unpaired) electrons. The summed E-state index contributed by atoms with van der Waals surface area (Å²) in [6.07, 6.45) is -3.30. The second kappa shape index (κ2) is 10.8. The number of rotatable bonds is 5. The molecule has 0 spiro atoms. The van der Waals surface area contributed by atoms with Crippen molar-refractivity contribution in [1.29, 1.82) is 0 Å². The van der Waals surface area contributed by atoms with Crippen molar-refractivity contribution in [3.8, 4) is 28.5 Å². The first-order chi connectivity index (χ1) is 19.1. The van der Waals surface area contributed by atoms with Gasteiger partial charge in [-0.25, -0.2) is 14.5 Å². The molecule has 0 aliphatic rings. The predicted octanol–water partition coefficient (Wildman–Crippen LogP) is 6.74. The minimum absolute atomic E-state index is 0.324. The van der Waals surface area contributed by atoms with Gasteiger partial charge in [0.2, 0.25) is 0 Å². The number of nitrogens with zero attached hydrogens (tertiary/aromatic N) is 5. The van der Waals surface area contributed by atoms with Crippen molar-refractivity contribution in [2.24, 2.45) is 4.99 Å². The standard InChI is InChI=1S/C28H23F3N6O2S/c1-17-5-4-6-18(2)24(17)37-19(3)15-40-27(37)34-26(38)33-21-9-7-20(8-10-21)25-32-16-36(35-25)22-11-13-23(14-12-22)39-28(29,30)31/h4-16H,1-3H3,(H,33,38). The average Bonchev–Trinajstić information content (AvgIpc) is 3.52. The summed E-state index contributed by atoms with van der Waals surface area (Å²) in [7, 11) is 0. The highest BCUT2D eigenvalue weighted by Crippen LogP contribution is 2.25. The van der Waals surface area contributed by atoms with Crippen molar-refractivity contribution >= 4 is 23.1 Å². The zero-order valence-corrected chi connectivity index (χ0v) is 22.4. The number of amides is 2. The zero-order chi connectivity index (χ0) is 28.4. The molecule has 2 amide bonds. The number of hydrogen-bond acceptors (Lipinski definition) is 5. The Kier molecular flexibility index (Phi) is 7.26. The van der Waals surface area contributed by atoms with Crippen molar-refractivity contribution in [3.05, 3.63) is 100 Å². The third-order valence-corrected chi connectivity index (χ3v) is 6.90. The van der Waals surface area contributed by atoms with E-state index in [4.69, 9.17) is 0 Å². The molecule has 0 unspecified atom stereocenters. The van der Waals surface area contributed by atoms with Crippen LogP contribution < -0.4 is 14.9 Å². The van der Waals surface area contributed by atoms with Gasteiger partial charge in [0.05, 0.1) is 11.4 Å². The minimum atomic E-state index is -4.76. The van der Waals surface area contributed by atoms with Gasteiger partial charge < -0.3 is 10.1 Å². The van der Waals surface area contributed by atoms with Crippen molar-refractivity contribution in [2.45, 2.75) is 27.1 Å². The Bertz CT molecular complexity index is 1720. The Hall–Kier alpha value is -4.71. The summed E-state index contributed by atoms with van der Waals surface area (Å²) in [5.41, 5.74) is 5.91. The van der Waals surface area contributed by atoms with Gasteiger partial charge in [0.1, 0.15) is 12.1 Å². The van der Waals surface area contributed by atoms with Crippen molar-refractivity contribution in [1.82, 2.24) is 19.3 Å². The van der Waals surface area contributed by atoms with Crippen LogP contribution in [-0.2, 0) is 0 Å². The molecule has 8 nitrogen and oxygen atoms in total. The first-order valence-electron chi connectivity index (χ1n) is 12.0. The number of alkyl halides is 3. The lowest BCUT2D eigenvalue weighted by molar-refractivity contribution is -0.274. The number of anilines is 1. The van der Waals surface area contributed by atoms with E-state index in [9.17, 15) is 18.0 Å². The molecule has 2 aromatic heterocycles. The molecule has 2 heterocycles. The van der Waals surface area contributed by atoms with Crippen LogP contribution in [0.25, 0.3) is 22.8 Å². The fourth-order valence-electron chi connectivity index (χ4n) is 4.16. The first kappa shape index (κ1) is 26.9. The van der Waals surface area contributed by atoms with Gasteiger partial charge in [-0.05, 0) is 80.4 Å². The molecular weight excluding hydrogens is 541 g/mol. The molecule has 5 rings (SSSR count). The number of hydrogen-bond donors (Lipinski definition) is 1. The molecule has 0 saturated carbocycles. The fraction of sp³-hybridized carbons (Fsp3) is 0.143. The number of urea groups is 1. The third-order valence-electron chi connectivity index (χ3n) is 5.96. The lowest BCUT2D eigenvalue weighted by Crippen LogP contribution is -2.20. The van der Waals surface area contributed by atoms with Crippen LogP contribution in [-0.4, -0.2) is 31.7 Å². The number of nitrogens with one attached hydrogen (secondary N) is 1. The van der Waals surface area contributed by atoms with E-state index in [2.05, 4.69) is 25.1 Å². The van der Waals surface area contributed by atoms with Crippen LogP contribution >= 0.6 is 11.3 Å². The van der Waals surface area contributed by atoms with Crippen molar-refractivity contribution in [2.75, 3.05) is 5.32 Å². The summed E-state index contributed by atoms with van der Waals surface area (Å²) in [4.78, 5) is 21.9. The molecule has 0 fully saturated rings. The van der Waals surface area contributed by atoms with Crippen LogP contribution in [0.15, 0.2) is 83.4 Å². The highest BCUT2D eigenvalue weighted by Gasteiger charge is 2.31. The predicted molar refractivity (Wildman–Crippen MR) is 146 cm³/mol. The van der Waals surface area contributed by atoms with Gasteiger partial charge in [-0.2, -0.15) is 4.99 Å². The second-order valence-electron chi connectivity index (χ2n) is 8.91. The topological polar surface area (TPSA) is 86.3 Å². The Morgan fingerprint density at radius 1 is 0.975 bits per heavy atom. The molecule has 204 valence electrons. The van der Waals surface area contributed by atoms with E-state index < -0.39 is 12.4 Å². The van der Waals surface area contributed by atoms with E-state index in [-0.39, 0.29) is 5.75 Å². The minimum Gasteiger partial charge on any atom is -0.406 e. The third kappa shape index (κ3) is 5.96. The Balaban J connectivity index is 1.30. The lowest BCUT2D eigenvalue weighted by atomic mass is 10.1. The summed E-state index contributed by atoms with van der Waals surface area (Å²) < 4.78 is 44.5. The zero-order valence-electron chi connectivity index (χ0n) is 21.6. The molecule has 0 bridgehead atoms. The summed E-state index contributed by atoms with van der Waals surface area (Å²) >= 11 is 1.39. The van der Waals surface area contributed by atoms with Crippen LogP contribution in [0.5, 0.6) is 5.75 Å². The number of para-hydroxylation sites is 1. The average molecular weight is 565 g/mol. The summed E-state index contributed by atoms with van der Waals surface area (Å²) in [6.45, 7) is 6.03. The van der Waals surface area contributed by atoms with Crippen LogP contribution in [0.2, 0.25) is 0 Å². The smallest absolute Gasteiger partial charge is 0.406 e. The normalized spacial score (nSPS) is 12.0. The van der Waals surface area contributed by atoms with Gasteiger partial charge in [-0.15, -0.1) is 29.6 Å². The maximum atomic E-state index is 12.8. The van der Waals surface area contributed by atoms with Crippen LogP contribution in [0.1, 0.15) is 16.8 Å². The van der Waals surface area contributed by atoms with Gasteiger partial charge in [0.15, 0.2) is 10.6 Å². The van der Waals surface area contributed by atoms with E-state index >= 15 is 0 Å². The molecule has 0 aliphatic heterocycles.